The van der Waals surface area contributed by atoms with Crippen molar-refractivity contribution < 1.29 is 17.2 Å². The van der Waals surface area contributed by atoms with E-state index >= 15 is 0 Å². The molecule has 0 atom stereocenters. The van der Waals surface area contributed by atoms with E-state index in [4.69, 9.17) is 17.3 Å². The van der Waals surface area contributed by atoms with E-state index in [-0.39, 0.29) is 17.3 Å². The number of benzene rings is 1. The van der Waals surface area contributed by atoms with Crippen LogP contribution in [-0.2, 0) is 10.0 Å². The first-order valence-electron chi connectivity index (χ1n) is 4.21. The summed E-state index contributed by atoms with van der Waals surface area (Å²) < 4.78 is 50.3. The van der Waals surface area contributed by atoms with Crippen LogP contribution in [0.3, 0.4) is 0 Å². The number of hydrogen-bond acceptors (Lipinski definition) is 3. The largest absolute Gasteiger partial charge is 0.329 e. The Bertz CT molecular complexity index is 470. The highest BCUT2D eigenvalue weighted by atomic mass is 35.5. The Labute approximate surface area is 96.4 Å². The van der Waals surface area contributed by atoms with Crippen molar-refractivity contribution in [1.29, 1.82) is 0 Å². The van der Waals surface area contributed by atoms with E-state index in [9.17, 15) is 17.2 Å². The molecule has 0 bridgehead atoms. The fourth-order valence-electron chi connectivity index (χ4n) is 1.00. The van der Waals surface area contributed by atoms with Crippen LogP contribution in [0.1, 0.15) is 0 Å². The third kappa shape index (κ3) is 3.29. The van der Waals surface area contributed by atoms with Gasteiger partial charge in [0.25, 0.3) is 0 Å². The van der Waals surface area contributed by atoms with Crippen LogP contribution in [0.2, 0.25) is 5.02 Å². The number of rotatable bonds is 4. The standard InChI is InChI=1S/C8H9ClF2N2O2S/c9-6-3-5(10)4-7(11)8(6)13-16(14,15)2-1-12/h3-4,13H,1-2,12H2. The van der Waals surface area contributed by atoms with Crippen LogP contribution in [-0.4, -0.2) is 20.7 Å². The van der Waals surface area contributed by atoms with Gasteiger partial charge in [-0.15, -0.1) is 0 Å². The molecule has 4 nitrogen and oxygen atoms in total. The minimum Gasteiger partial charge on any atom is -0.329 e. The summed E-state index contributed by atoms with van der Waals surface area (Å²) >= 11 is 5.50. The molecule has 16 heavy (non-hydrogen) atoms. The van der Waals surface area contributed by atoms with Crippen LogP contribution in [0.5, 0.6) is 0 Å². The van der Waals surface area contributed by atoms with E-state index in [0.29, 0.717) is 6.07 Å². The number of sulfonamides is 1. The third-order valence-electron chi connectivity index (χ3n) is 1.65. The maximum Gasteiger partial charge on any atom is 0.234 e. The second kappa shape index (κ2) is 4.94. The van der Waals surface area contributed by atoms with Crippen LogP contribution in [0.15, 0.2) is 12.1 Å². The summed E-state index contributed by atoms with van der Waals surface area (Å²) in [6.45, 7) is -0.115. The maximum absolute atomic E-state index is 13.2. The minimum absolute atomic E-state index is 0.115. The quantitative estimate of drug-likeness (QED) is 0.867. The Morgan fingerprint density at radius 1 is 1.38 bits per heavy atom. The molecule has 1 aromatic carbocycles. The monoisotopic (exact) mass is 270 g/mol. The normalized spacial score (nSPS) is 11.5. The summed E-state index contributed by atoms with van der Waals surface area (Å²) in [6.07, 6.45) is 0. The molecule has 0 amide bonds. The van der Waals surface area contributed by atoms with Gasteiger partial charge in [-0.3, -0.25) is 4.72 Å². The van der Waals surface area contributed by atoms with Crippen LogP contribution in [0.4, 0.5) is 14.5 Å². The fraction of sp³-hybridized carbons (Fsp3) is 0.250. The van der Waals surface area contributed by atoms with Gasteiger partial charge in [0.1, 0.15) is 11.5 Å². The Balaban J connectivity index is 3.07. The van der Waals surface area contributed by atoms with Gasteiger partial charge in [0.2, 0.25) is 10.0 Å². The topological polar surface area (TPSA) is 72.2 Å². The predicted molar refractivity (Wildman–Crippen MR) is 57.8 cm³/mol. The predicted octanol–water partition coefficient (Wildman–Crippen LogP) is 1.32. The van der Waals surface area contributed by atoms with E-state index in [2.05, 4.69) is 0 Å². The molecule has 0 fully saturated rings. The molecule has 0 spiro atoms. The second-order valence-electron chi connectivity index (χ2n) is 2.95. The molecule has 0 heterocycles. The van der Waals surface area contributed by atoms with Gasteiger partial charge in [-0.1, -0.05) is 11.6 Å². The van der Waals surface area contributed by atoms with Crippen LogP contribution in [0, 0.1) is 11.6 Å². The molecule has 0 unspecified atom stereocenters. The first-order valence-corrected chi connectivity index (χ1v) is 6.24. The third-order valence-corrected chi connectivity index (χ3v) is 3.24. The molecule has 1 rings (SSSR count). The number of anilines is 1. The molecule has 3 N–H and O–H groups in total. The van der Waals surface area contributed by atoms with Crippen molar-refractivity contribution in [3.8, 4) is 0 Å². The molecule has 0 saturated carbocycles. The van der Waals surface area contributed by atoms with Crippen molar-refractivity contribution in [2.75, 3.05) is 17.0 Å². The van der Waals surface area contributed by atoms with E-state index in [1.54, 1.807) is 0 Å². The molecule has 0 saturated heterocycles. The zero-order valence-electron chi connectivity index (χ0n) is 8.00. The van der Waals surface area contributed by atoms with Gasteiger partial charge in [0.05, 0.1) is 10.8 Å². The van der Waals surface area contributed by atoms with Gasteiger partial charge in [0, 0.05) is 12.6 Å². The van der Waals surface area contributed by atoms with Crippen LogP contribution in [0.25, 0.3) is 0 Å². The lowest BCUT2D eigenvalue weighted by molar-refractivity contribution is 0.583. The Morgan fingerprint density at radius 3 is 2.50 bits per heavy atom. The van der Waals surface area contributed by atoms with E-state index in [0.717, 1.165) is 6.07 Å². The maximum atomic E-state index is 13.2. The van der Waals surface area contributed by atoms with Crippen molar-refractivity contribution in [1.82, 2.24) is 0 Å². The van der Waals surface area contributed by atoms with Gasteiger partial charge in [-0.05, 0) is 6.07 Å². The zero-order valence-corrected chi connectivity index (χ0v) is 9.58. The van der Waals surface area contributed by atoms with Crippen LogP contribution < -0.4 is 10.5 Å². The molecular formula is C8H9ClF2N2O2S. The van der Waals surface area contributed by atoms with Gasteiger partial charge in [-0.25, -0.2) is 17.2 Å². The highest BCUT2D eigenvalue weighted by Crippen LogP contribution is 2.27. The molecule has 0 aliphatic heterocycles. The molecule has 90 valence electrons. The molecular weight excluding hydrogens is 262 g/mol. The van der Waals surface area contributed by atoms with Crippen LogP contribution >= 0.6 is 11.6 Å². The molecule has 0 aromatic heterocycles. The summed E-state index contributed by atoms with van der Waals surface area (Å²) in [5.41, 5.74) is 4.59. The lowest BCUT2D eigenvalue weighted by Crippen LogP contribution is -2.23. The summed E-state index contributed by atoms with van der Waals surface area (Å²) in [7, 11) is -3.76. The molecule has 8 heteroatoms. The number of hydrogen-bond donors (Lipinski definition) is 2. The Morgan fingerprint density at radius 2 is 2.00 bits per heavy atom. The van der Waals surface area contributed by atoms with E-state index in [1.165, 1.54) is 0 Å². The summed E-state index contributed by atoms with van der Waals surface area (Å²) in [4.78, 5) is 0. The zero-order chi connectivity index (χ0) is 12.3. The van der Waals surface area contributed by atoms with E-state index in [1.807, 2.05) is 4.72 Å². The first-order chi connectivity index (χ1) is 7.35. The first kappa shape index (κ1) is 13.1. The molecule has 0 aliphatic rings. The highest BCUT2D eigenvalue weighted by Gasteiger charge is 2.16. The summed E-state index contributed by atoms with van der Waals surface area (Å²) in [5.74, 6) is -2.34. The van der Waals surface area contributed by atoms with Crippen molar-refractivity contribution in [3.05, 3.63) is 28.8 Å². The van der Waals surface area contributed by atoms with E-state index < -0.39 is 27.3 Å². The number of halogens is 3. The van der Waals surface area contributed by atoms with Crippen molar-refractivity contribution in [3.63, 3.8) is 0 Å². The second-order valence-corrected chi connectivity index (χ2v) is 5.20. The van der Waals surface area contributed by atoms with Crippen molar-refractivity contribution >= 4 is 27.3 Å². The fourth-order valence-corrected chi connectivity index (χ4v) is 2.23. The lowest BCUT2D eigenvalue weighted by atomic mass is 10.3. The van der Waals surface area contributed by atoms with Crippen molar-refractivity contribution in [2.45, 2.75) is 0 Å². The van der Waals surface area contributed by atoms with Crippen molar-refractivity contribution in [2.24, 2.45) is 5.73 Å². The van der Waals surface area contributed by atoms with Gasteiger partial charge in [-0.2, -0.15) is 0 Å². The van der Waals surface area contributed by atoms with Gasteiger partial charge < -0.3 is 5.73 Å². The summed E-state index contributed by atoms with van der Waals surface area (Å²) in [5, 5.41) is -0.349. The molecule has 0 radical (unpaired) electrons. The minimum atomic E-state index is -3.76. The summed E-state index contributed by atoms with van der Waals surface area (Å²) in [6, 6.07) is 1.34. The average molecular weight is 271 g/mol. The van der Waals surface area contributed by atoms with Gasteiger partial charge in [0.15, 0.2) is 5.82 Å². The molecule has 1 aromatic rings. The average Bonchev–Trinajstić information content (AvgIpc) is 2.11. The number of nitrogens with one attached hydrogen (secondary N) is 1. The SMILES string of the molecule is NCCS(=O)(=O)Nc1c(F)cc(F)cc1Cl. The smallest absolute Gasteiger partial charge is 0.234 e. The number of nitrogens with two attached hydrogens (primary N) is 1. The Kier molecular flexibility index (Phi) is 4.06. The lowest BCUT2D eigenvalue weighted by Gasteiger charge is -2.09. The van der Waals surface area contributed by atoms with Gasteiger partial charge >= 0.3 is 0 Å². The highest BCUT2D eigenvalue weighted by molar-refractivity contribution is 7.92. The molecule has 0 aliphatic carbocycles. The Hall–Kier alpha value is -0.920.